The Hall–Kier alpha value is -2.69. The average molecular weight is 380 g/mol. The first-order valence-electron chi connectivity index (χ1n) is 10.0. The number of nitrogens with zero attached hydrogens (tertiary/aromatic N) is 2. The summed E-state index contributed by atoms with van der Waals surface area (Å²) in [7, 11) is 0. The van der Waals surface area contributed by atoms with E-state index >= 15 is 0 Å². The molecule has 0 unspecified atom stereocenters. The summed E-state index contributed by atoms with van der Waals surface area (Å²) >= 11 is 0. The Morgan fingerprint density at radius 1 is 1.07 bits per heavy atom. The molecule has 1 amide bonds. The number of oxime groups is 1. The fraction of sp³-hybridized carbons (Fsp3) is 0.391. The lowest BCUT2D eigenvalue weighted by molar-refractivity contribution is -0.137. The SMILES string of the molecule is O=C(C1CCCC1)N(Cc1ccccc1)C[C@H]1CC(c2ccccc2F)=NO1. The van der Waals surface area contributed by atoms with Crippen LogP contribution in [0.15, 0.2) is 59.8 Å². The van der Waals surface area contributed by atoms with Gasteiger partial charge in [-0.1, -0.05) is 66.5 Å². The van der Waals surface area contributed by atoms with Gasteiger partial charge in [-0.25, -0.2) is 4.39 Å². The second-order valence-electron chi connectivity index (χ2n) is 7.64. The van der Waals surface area contributed by atoms with Gasteiger partial charge < -0.3 is 9.74 Å². The van der Waals surface area contributed by atoms with Gasteiger partial charge in [0.15, 0.2) is 6.10 Å². The van der Waals surface area contributed by atoms with Crippen LogP contribution in [0.4, 0.5) is 4.39 Å². The topological polar surface area (TPSA) is 41.9 Å². The van der Waals surface area contributed by atoms with E-state index in [4.69, 9.17) is 4.84 Å². The van der Waals surface area contributed by atoms with Gasteiger partial charge in [0.2, 0.25) is 5.91 Å². The summed E-state index contributed by atoms with van der Waals surface area (Å²) in [6.45, 7) is 1.02. The molecule has 146 valence electrons. The van der Waals surface area contributed by atoms with Gasteiger partial charge in [-0.15, -0.1) is 0 Å². The molecule has 1 aliphatic carbocycles. The first kappa shape index (κ1) is 18.7. The predicted octanol–water partition coefficient (Wildman–Crippen LogP) is 4.54. The highest BCUT2D eigenvalue weighted by Gasteiger charge is 2.32. The lowest BCUT2D eigenvalue weighted by Crippen LogP contribution is -2.40. The van der Waals surface area contributed by atoms with Crippen LogP contribution in [0.2, 0.25) is 0 Å². The van der Waals surface area contributed by atoms with Crippen LogP contribution >= 0.6 is 0 Å². The molecule has 0 bridgehead atoms. The quantitative estimate of drug-likeness (QED) is 0.738. The minimum atomic E-state index is -0.298. The number of rotatable bonds is 6. The van der Waals surface area contributed by atoms with Crippen LogP contribution in [0.1, 0.15) is 43.2 Å². The highest BCUT2D eigenvalue weighted by Crippen LogP contribution is 2.28. The smallest absolute Gasteiger partial charge is 0.226 e. The van der Waals surface area contributed by atoms with Crippen LogP contribution in [0.3, 0.4) is 0 Å². The molecule has 1 aliphatic heterocycles. The third-order valence-corrected chi connectivity index (χ3v) is 5.57. The van der Waals surface area contributed by atoms with Crippen LogP contribution in [0.25, 0.3) is 0 Å². The maximum absolute atomic E-state index is 14.1. The maximum atomic E-state index is 14.1. The molecule has 2 aromatic rings. The molecule has 1 heterocycles. The van der Waals surface area contributed by atoms with Crippen molar-refractivity contribution in [3.8, 4) is 0 Å². The van der Waals surface area contributed by atoms with E-state index in [1.54, 1.807) is 18.2 Å². The van der Waals surface area contributed by atoms with Crippen molar-refractivity contribution in [2.75, 3.05) is 6.54 Å². The van der Waals surface area contributed by atoms with E-state index in [2.05, 4.69) is 5.16 Å². The molecule has 28 heavy (non-hydrogen) atoms. The standard InChI is InChI=1S/C23H25FN2O2/c24-21-13-7-6-12-20(21)22-14-19(28-25-22)16-26(15-17-8-2-1-3-9-17)23(27)18-10-4-5-11-18/h1-3,6-9,12-13,18-19H,4-5,10-11,14-16H2/t19-/m1/s1. The van der Waals surface area contributed by atoms with Crippen LogP contribution in [-0.4, -0.2) is 29.2 Å². The molecule has 0 saturated heterocycles. The third kappa shape index (κ3) is 4.24. The van der Waals surface area contributed by atoms with E-state index in [9.17, 15) is 9.18 Å². The number of carbonyl (C=O) groups is 1. The van der Waals surface area contributed by atoms with E-state index in [1.807, 2.05) is 35.2 Å². The lowest BCUT2D eigenvalue weighted by atomic mass is 10.0. The van der Waals surface area contributed by atoms with Gasteiger partial charge in [0.05, 0.1) is 12.3 Å². The Morgan fingerprint density at radius 3 is 2.54 bits per heavy atom. The van der Waals surface area contributed by atoms with E-state index in [-0.39, 0.29) is 23.7 Å². The first-order chi connectivity index (χ1) is 13.7. The molecule has 1 fully saturated rings. The molecule has 5 heteroatoms. The van der Waals surface area contributed by atoms with E-state index in [0.29, 0.717) is 30.8 Å². The zero-order chi connectivity index (χ0) is 19.3. The number of carbonyl (C=O) groups excluding carboxylic acids is 1. The maximum Gasteiger partial charge on any atom is 0.226 e. The van der Waals surface area contributed by atoms with Crippen molar-refractivity contribution < 1.29 is 14.0 Å². The average Bonchev–Trinajstić information content (AvgIpc) is 3.40. The molecule has 1 atom stereocenters. The van der Waals surface area contributed by atoms with Gasteiger partial charge >= 0.3 is 0 Å². The highest BCUT2D eigenvalue weighted by molar-refractivity contribution is 6.01. The van der Waals surface area contributed by atoms with E-state index in [0.717, 1.165) is 31.2 Å². The minimum absolute atomic E-state index is 0.108. The molecular weight excluding hydrogens is 355 g/mol. The van der Waals surface area contributed by atoms with Gasteiger partial charge in [-0.3, -0.25) is 4.79 Å². The molecule has 0 spiro atoms. The van der Waals surface area contributed by atoms with Crippen molar-refractivity contribution in [3.05, 3.63) is 71.5 Å². The predicted molar refractivity (Wildman–Crippen MR) is 106 cm³/mol. The number of amides is 1. The summed E-state index contributed by atoms with van der Waals surface area (Å²) in [5.74, 6) is 0.00930. The fourth-order valence-corrected chi connectivity index (χ4v) is 4.09. The van der Waals surface area contributed by atoms with Gasteiger partial charge in [-0.2, -0.15) is 0 Å². The van der Waals surface area contributed by atoms with Gasteiger partial charge in [-0.05, 0) is 24.5 Å². The van der Waals surface area contributed by atoms with Crippen molar-refractivity contribution in [2.24, 2.45) is 11.1 Å². The summed E-state index contributed by atoms with van der Waals surface area (Å²) in [5, 5.41) is 4.10. The molecule has 0 N–H and O–H groups in total. The van der Waals surface area contributed by atoms with Gasteiger partial charge in [0.1, 0.15) is 5.82 Å². The zero-order valence-electron chi connectivity index (χ0n) is 15.9. The first-order valence-corrected chi connectivity index (χ1v) is 10.0. The number of benzene rings is 2. The summed E-state index contributed by atoms with van der Waals surface area (Å²) in [6.07, 6.45) is 4.43. The monoisotopic (exact) mass is 380 g/mol. The molecule has 4 rings (SSSR count). The van der Waals surface area contributed by atoms with E-state index < -0.39 is 0 Å². The number of hydrogen-bond donors (Lipinski definition) is 0. The third-order valence-electron chi connectivity index (χ3n) is 5.57. The normalized spacial score (nSPS) is 19.3. The number of halogens is 1. The number of hydrogen-bond acceptors (Lipinski definition) is 3. The summed E-state index contributed by atoms with van der Waals surface area (Å²) < 4.78 is 14.1. The molecular formula is C23H25FN2O2. The summed E-state index contributed by atoms with van der Waals surface area (Å²) in [6, 6.07) is 16.6. The van der Waals surface area contributed by atoms with Gasteiger partial charge in [0, 0.05) is 24.4 Å². The van der Waals surface area contributed by atoms with Gasteiger partial charge in [0.25, 0.3) is 0 Å². The van der Waals surface area contributed by atoms with Crippen molar-refractivity contribution in [1.82, 2.24) is 4.90 Å². The van der Waals surface area contributed by atoms with Crippen LogP contribution in [0, 0.1) is 11.7 Å². The minimum Gasteiger partial charge on any atom is -0.390 e. The Balaban J connectivity index is 1.45. The molecule has 2 aromatic carbocycles. The van der Waals surface area contributed by atoms with Crippen molar-refractivity contribution in [3.63, 3.8) is 0 Å². The second-order valence-corrected chi connectivity index (χ2v) is 7.64. The summed E-state index contributed by atoms with van der Waals surface area (Å²) in [5.41, 5.74) is 2.18. The Bertz CT molecular complexity index is 847. The summed E-state index contributed by atoms with van der Waals surface area (Å²) in [4.78, 5) is 20.6. The second kappa shape index (κ2) is 8.55. The lowest BCUT2D eigenvalue weighted by Gasteiger charge is -2.27. The Morgan fingerprint density at radius 2 is 1.79 bits per heavy atom. The molecule has 1 saturated carbocycles. The van der Waals surface area contributed by atoms with Crippen LogP contribution in [-0.2, 0) is 16.2 Å². The largest absolute Gasteiger partial charge is 0.390 e. The van der Waals surface area contributed by atoms with E-state index in [1.165, 1.54) is 6.07 Å². The van der Waals surface area contributed by atoms with Crippen molar-refractivity contribution in [1.29, 1.82) is 0 Å². The Kier molecular flexibility index (Phi) is 5.70. The molecule has 2 aliphatic rings. The highest BCUT2D eigenvalue weighted by atomic mass is 19.1. The van der Waals surface area contributed by atoms with Crippen LogP contribution in [0.5, 0.6) is 0 Å². The molecule has 0 radical (unpaired) electrons. The van der Waals surface area contributed by atoms with Crippen LogP contribution < -0.4 is 0 Å². The molecule has 4 nitrogen and oxygen atoms in total. The molecule has 0 aromatic heterocycles. The van der Waals surface area contributed by atoms with Crippen molar-refractivity contribution in [2.45, 2.75) is 44.8 Å². The Labute approximate surface area is 165 Å². The van der Waals surface area contributed by atoms with Crippen molar-refractivity contribution >= 4 is 11.6 Å². The fourth-order valence-electron chi connectivity index (χ4n) is 4.09. The zero-order valence-corrected chi connectivity index (χ0v) is 15.9.